The first kappa shape index (κ1) is 9.95. The first-order valence-electron chi connectivity index (χ1n) is 4.22. The Kier molecular flexibility index (Phi) is 3.49. The Morgan fingerprint density at radius 1 is 1.42 bits per heavy atom. The van der Waals surface area contributed by atoms with Crippen LogP contribution in [0.25, 0.3) is 0 Å². The second-order valence-corrected chi connectivity index (χ2v) is 5.05. The lowest BCUT2D eigenvalue weighted by Crippen LogP contribution is -2.28. The minimum absolute atomic E-state index is 0.0337. The van der Waals surface area contributed by atoms with E-state index in [2.05, 4.69) is 4.72 Å². The van der Waals surface area contributed by atoms with E-state index in [1.807, 2.05) is 0 Å². The van der Waals surface area contributed by atoms with Crippen LogP contribution in [0.5, 0.6) is 0 Å². The summed E-state index contributed by atoms with van der Waals surface area (Å²) in [7, 11) is -3.05. The highest BCUT2D eigenvalue weighted by molar-refractivity contribution is 7.89. The van der Waals surface area contributed by atoms with Gasteiger partial charge in [-0.2, -0.15) is 0 Å². The molecule has 1 saturated carbocycles. The summed E-state index contributed by atoms with van der Waals surface area (Å²) in [6, 6.07) is 0. The van der Waals surface area contributed by atoms with Crippen LogP contribution in [0.15, 0.2) is 0 Å². The zero-order valence-electron chi connectivity index (χ0n) is 6.99. The average molecular weight is 193 g/mol. The van der Waals surface area contributed by atoms with Crippen molar-refractivity contribution < 1.29 is 13.5 Å². The summed E-state index contributed by atoms with van der Waals surface area (Å²) in [4.78, 5) is 0. The summed E-state index contributed by atoms with van der Waals surface area (Å²) in [6.07, 6.45) is 2.58. The lowest BCUT2D eigenvalue weighted by molar-refractivity contribution is 0.289. The molecule has 72 valence electrons. The van der Waals surface area contributed by atoms with Crippen LogP contribution in [0.1, 0.15) is 19.3 Å². The van der Waals surface area contributed by atoms with Crippen molar-refractivity contribution in [2.75, 3.05) is 18.9 Å². The van der Waals surface area contributed by atoms with Gasteiger partial charge < -0.3 is 5.11 Å². The zero-order chi connectivity index (χ0) is 9.03. The van der Waals surface area contributed by atoms with Gasteiger partial charge in [0.25, 0.3) is 0 Å². The average Bonchev–Trinajstić information content (AvgIpc) is 2.71. The maximum atomic E-state index is 11.2. The number of sulfonamides is 1. The fourth-order valence-electron chi connectivity index (χ4n) is 0.960. The Morgan fingerprint density at radius 3 is 2.58 bits per heavy atom. The van der Waals surface area contributed by atoms with Gasteiger partial charge in [0.1, 0.15) is 0 Å². The first-order chi connectivity index (χ1) is 5.64. The molecule has 1 aliphatic rings. The molecule has 0 spiro atoms. The molecule has 1 rings (SSSR count). The molecule has 0 aliphatic heterocycles. The standard InChI is InChI=1S/C7H15NO3S/c9-5-1-4-8-12(10,11)6-7-2-3-7/h7-9H,1-6H2. The monoisotopic (exact) mass is 193 g/mol. The van der Waals surface area contributed by atoms with Crippen LogP contribution >= 0.6 is 0 Å². The highest BCUT2D eigenvalue weighted by atomic mass is 32.2. The molecule has 0 aromatic carbocycles. The molecule has 12 heavy (non-hydrogen) atoms. The molecule has 5 heteroatoms. The fourth-order valence-corrected chi connectivity index (χ4v) is 2.49. The number of aliphatic hydroxyl groups is 1. The highest BCUT2D eigenvalue weighted by Crippen LogP contribution is 2.29. The van der Waals surface area contributed by atoms with Gasteiger partial charge in [0.2, 0.25) is 10.0 Å². The molecule has 0 aromatic heterocycles. The van der Waals surface area contributed by atoms with Gasteiger partial charge in [-0.25, -0.2) is 13.1 Å². The van der Waals surface area contributed by atoms with Crippen molar-refractivity contribution in [2.24, 2.45) is 5.92 Å². The zero-order valence-corrected chi connectivity index (χ0v) is 7.81. The number of nitrogens with one attached hydrogen (secondary N) is 1. The topological polar surface area (TPSA) is 66.4 Å². The number of aliphatic hydroxyl groups excluding tert-OH is 1. The van der Waals surface area contributed by atoms with E-state index in [1.165, 1.54) is 0 Å². The first-order valence-corrected chi connectivity index (χ1v) is 5.87. The SMILES string of the molecule is O=S(=O)(CC1CC1)NCCCO. The Bertz CT molecular complexity index is 221. The number of hydrogen-bond acceptors (Lipinski definition) is 3. The van der Waals surface area contributed by atoms with Crippen LogP contribution in [-0.4, -0.2) is 32.4 Å². The van der Waals surface area contributed by atoms with Gasteiger partial charge in [-0.05, 0) is 25.2 Å². The third kappa shape index (κ3) is 4.04. The molecule has 1 fully saturated rings. The largest absolute Gasteiger partial charge is 0.396 e. The van der Waals surface area contributed by atoms with Crippen molar-refractivity contribution >= 4 is 10.0 Å². The van der Waals surface area contributed by atoms with E-state index in [4.69, 9.17) is 5.11 Å². The number of hydrogen-bond donors (Lipinski definition) is 2. The quantitative estimate of drug-likeness (QED) is 0.569. The van der Waals surface area contributed by atoms with E-state index in [1.54, 1.807) is 0 Å². The molecule has 0 radical (unpaired) electrons. The Balaban J connectivity index is 2.17. The molecule has 0 heterocycles. The van der Waals surface area contributed by atoms with E-state index >= 15 is 0 Å². The molecule has 0 atom stereocenters. The van der Waals surface area contributed by atoms with E-state index in [0.29, 0.717) is 18.9 Å². The molecule has 0 amide bonds. The molecule has 0 aromatic rings. The van der Waals surface area contributed by atoms with Crippen LogP contribution < -0.4 is 4.72 Å². The van der Waals surface area contributed by atoms with E-state index in [-0.39, 0.29) is 12.4 Å². The summed E-state index contributed by atoms with van der Waals surface area (Å²) < 4.78 is 24.8. The van der Waals surface area contributed by atoms with Gasteiger partial charge in [-0.1, -0.05) is 0 Å². The Labute approximate surface area is 73.0 Å². The molecular formula is C7H15NO3S. The third-order valence-corrected chi connectivity index (χ3v) is 3.36. The van der Waals surface area contributed by atoms with Gasteiger partial charge in [0.05, 0.1) is 5.75 Å². The second kappa shape index (κ2) is 4.20. The summed E-state index contributed by atoms with van der Waals surface area (Å²) in [5.74, 6) is 0.648. The van der Waals surface area contributed by atoms with Gasteiger partial charge in [-0.3, -0.25) is 0 Å². The van der Waals surface area contributed by atoms with Crippen molar-refractivity contribution in [3.05, 3.63) is 0 Å². The van der Waals surface area contributed by atoms with Crippen LogP contribution in [0.2, 0.25) is 0 Å². The summed E-state index contributed by atoms with van der Waals surface area (Å²) in [5, 5.41) is 8.42. The van der Waals surface area contributed by atoms with Crippen LogP contribution in [0.3, 0.4) is 0 Å². The third-order valence-electron chi connectivity index (χ3n) is 1.81. The van der Waals surface area contributed by atoms with E-state index in [0.717, 1.165) is 12.8 Å². The maximum absolute atomic E-state index is 11.2. The van der Waals surface area contributed by atoms with E-state index < -0.39 is 10.0 Å². The van der Waals surface area contributed by atoms with E-state index in [9.17, 15) is 8.42 Å². The fraction of sp³-hybridized carbons (Fsp3) is 1.00. The minimum Gasteiger partial charge on any atom is -0.396 e. The normalized spacial score (nSPS) is 18.1. The van der Waals surface area contributed by atoms with Crippen molar-refractivity contribution in [3.8, 4) is 0 Å². The van der Waals surface area contributed by atoms with Crippen LogP contribution in [0.4, 0.5) is 0 Å². The minimum atomic E-state index is -3.05. The predicted molar refractivity (Wildman–Crippen MR) is 46.2 cm³/mol. The van der Waals surface area contributed by atoms with Crippen molar-refractivity contribution in [2.45, 2.75) is 19.3 Å². The maximum Gasteiger partial charge on any atom is 0.211 e. The van der Waals surface area contributed by atoms with Crippen LogP contribution in [0, 0.1) is 5.92 Å². The molecule has 4 nitrogen and oxygen atoms in total. The Morgan fingerprint density at radius 2 is 2.08 bits per heavy atom. The predicted octanol–water partition coefficient (Wildman–Crippen LogP) is -0.302. The lowest BCUT2D eigenvalue weighted by atomic mass is 10.5. The molecule has 0 unspecified atom stereocenters. The van der Waals surface area contributed by atoms with Gasteiger partial charge in [0, 0.05) is 13.2 Å². The number of rotatable bonds is 6. The van der Waals surface area contributed by atoms with Crippen molar-refractivity contribution in [1.29, 1.82) is 0 Å². The van der Waals surface area contributed by atoms with Crippen molar-refractivity contribution in [3.63, 3.8) is 0 Å². The molecule has 1 aliphatic carbocycles. The highest BCUT2D eigenvalue weighted by Gasteiger charge is 2.27. The Hall–Kier alpha value is -0.130. The molecule has 0 bridgehead atoms. The van der Waals surface area contributed by atoms with Gasteiger partial charge >= 0.3 is 0 Å². The molecular weight excluding hydrogens is 178 g/mol. The lowest BCUT2D eigenvalue weighted by Gasteiger charge is -2.03. The summed E-state index contributed by atoms with van der Waals surface area (Å²) in [5.41, 5.74) is 0. The smallest absolute Gasteiger partial charge is 0.211 e. The second-order valence-electron chi connectivity index (χ2n) is 3.20. The van der Waals surface area contributed by atoms with Crippen LogP contribution in [-0.2, 0) is 10.0 Å². The summed E-state index contributed by atoms with van der Waals surface area (Å²) in [6.45, 7) is 0.386. The van der Waals surface area contributed by atoms with Gasteiger partial charge in [-0.15, -0.1) is 0 Å². The molecule has 2 N–H and O–H groups in total. The molecule has 0 saturated heterocycles. The summed E-state index contributed by atoms with van der Waals surface area (Å²) >= 11 is 0. The van der Waals surface area contributed by atoms with Gasteiger partial charge in [0.15, 0.2) is 0 Å². The van der Waals surface area contributed by atoms with Crippen molar-refractivity contribution in [1.82, 2.24) is 4.72 Å².